The van der Waals surface area contributed by atoms with Crippen LogP contribution in [0.15, 0.2) is 0 Å². The Bertz CT molecular complexity index is 138. The van der Waals surface area contributed by atoms with Crippen LogP contribution >= 0.6 is 0 Å². The quantitative estimate of drug-likeness (QED) is 0.487. The molecule has 2 nitrogen and oxygen atoms in total. The van der Waals surface area contributed by atoms with Gasteiger partial charge in [-0.25, -0.2) is 9.78 Å². The van der Waals surface area contributed by atoms with Gasteiger partial charge in [0.15, 0.2) is 0 Å². The molecule has 2 heteroatoms. The second kappa shape index (κ2) is 10.1. The topological polar surface area (TPSA) is 18.5 Å². The molecule has 0 aromatic rings. The summed E-state index contributed by atoms with van der Waals surface area (Å²) in [6, 6.07) is 0. The summed E-state index contributed by atoms with van der Waals surface area (Å²) >= 11 is 0. The second-order valence-corrected chi connectivity index (χ2v) is 4.95. The van der Waals surface area contributed by atoms with Crippen LogP contribution in [0.5, 0.6) is 0 Å². The average Bonchev–Trinajstić information content (AvgIpc) is 2.42. The molecule has 0 aromatic heterocycles. The van der Waals surface area contributed by atoms with Gasteiger partial charge in [-0.3, -0.25) is 0 Å². The first kappa shape index (κ1) is 14.0. The Hall–Kier alpha value is -0.0800. The minimum Gasteiger partial charge on any atom is -0.236 e. The molecule has 1 saturated heterocycles. The molecule has 0 amide bonds. The molecule has 1 unspecified atom stereocenters. The van der Waals surface area contributed by atoms with Gasteiger partial charge in [0.2, 0.25) is 0 Å². The third-order valence-electron chi connectivity index (χ3n) is 3.34. The number of hydrogen-bond donors (Lipinski definition) is 0. The molecule has 0 radical (unpaired) electrons. The predicted molar refractivity (Wildman–Crippen MR) is 67.3 cm³/mol. The molecular formula is C14H28O2. The minimum atomic E-state index is 0.361. The first-order valence-electron chi connectivity index (χ1n) is 7.21. The van der Waals surface area contributed by atoms with E-state index in [1.807, 2.05) is 0 Å². The van der Waals surface area contributed by atoms with Crippen molar-refractivity contribution >= 4 is 0 Å². The molecule has 1 rings (SSSR count). The summed E-state index contributed by atoms with van der Waals surface area (Å²) in [5.41, 5.74) is 0. The summed E-state index contributed by atoms with van der Waals surface area (Å²) in [5, 5.41) is 0. The first-order valence-corrected chi connectivity index (χ1v) is 7.21. The molecular weight excluding hydrogens is 200 g/mol. The molecule has 1 atom stereocenters. The van der Waals surface area contributed by atoms with Gasteiger partial charge in [0.25, 0.3) is 0 Å². The molecule has 0 saturated carbocycles. The molecule has 96 valence electrons. The van der Waals surface area contributed by atoms with Crippen molar-refractivity contribution < 1.29 is 9.78 Å². The highest BCUT2D eigenvalue weighted by Gasteiger charge is 2.11. The monoisotopic (exact) mass is 228 g/mol. The molecule has 0 aromatic carbocycles. The summed E-state index contributed by atoms with van der Waals surface area (Å²) in [7, 11) is 0. The Morgan fingerprint density at radius 3 is 2.62 bits per heavy atom. The fourth-order valence-corrected chi connectivity index (χ4v) is 2.25. The maximum atomic E-state index is 5.47. The Morgan fingerprint density at radius 2 is 1.75 bits per heavy atom. The molecule has 0 N–H and O–H groups in total. The zero-order valence-electron chi connectivity index (χ0n) is 10.9. The van der Waals surface area contributed by atoms with Gasteiger partial charge in [-0.05, 0) is 19.3 Å². The van der Waals surface area contributed by atoms with E-state index in [0.717, 1.165) is 13.0 Å². The average molecular weight is 228 g/mol. The van der Waals surface area contributed by atoms with Crippen LogP contribution in [0.4, 0.5) is 0 Å². The van der Waals surface area contributed by atoms with Crippen LogP contribution in [0, 0.1) is 0 Å². The summed E-state index contributed by atoms with van der Waals surface area (Å²) < 4.78 is 0. The van der Waals surface area contributed by atoms with Gasteiger partial charge in [-0.2, -0.15) is 0 Å². The van der Waals surface area contributed by atoms with Gasteiger partial charge in [0, 0.05) is 0 Å². The molecule has 0 aliphatic carbocycles. The molecule has 1 heterocycles. The van der Waals surface area contributed by atoms with Crippen molar-refractivity contribution in [2.45, 2.75) is 83.7 Å². The lowest BCUT2D eigenvalue weighted by Gasteiger charge is -2.15. The van der Waals surface area contributed by atoms with Crippen molar-refractivity contribution in [2.75, 3.05) is 6.61 Å². The van der Waals surface area contributed by atoms with Crippen LogP contribution in [0.3, 0.4) is 0 Å². The molecule has 1 aliphatic heterocycles. The van der Waals surface area contributed by atoms with Crippen LogP contribution in [-0.2, 0) is 9.78 Å². The number of unbranched alkanes of at least 4 members (excludes halogenated alkanes) is 4. The largest absolute Gasteiger partial charge is 0.236 e. The maximum Gasteiger partial charge on any atom is 0.0930 e. The molecule has 1 aliphatic rings. The van der Waals surface area contributed by atoms with Crippen LogP contribution < -0.4 is 0 Å². The van der Waals surface area contributed by atoms with E-state index >= 15 is 0 Å². The zero-order valence-corrected chi connectivity index (χ0v) is 10.9. The normalized spacial score (nSPS) is 23.4. The smallest absolute Gasteiger partial charge is 0.0930 e. The zero-order chi connectivity index (χ0) is 11.5. The van der Waals surface area contributed by atoms with Crippen LogP contribution in [0.1, 0.15) is 77.6 Å². The standard InChI is InChI=1S/C14H28O2/c1-2-3-4-5-8-11-14-12-9-6-7-10-13-15-16-14/h14H,2-13H2,1H3. The van der Waals surface area contributed by atoms with Crippen molar-refractivity contribution in [3.63, 3.8) is 0 Å². The highest BCUT2D eigenvalue weighted by atomic mass is 17.2. The van der Waals surface area contributed by atoms with Crippen LogP contribution in [0.2, 0.25) is 0 Å². The summed E-state index contributed by atoms with van der Waals surface area (Å²) in [6.45, 7) is 3.04. The van der Waals surface area contributed by atoms with Gasteiger partial charge < -0.3 is 0 Å². The van der Waals surface area contributed by atoms with E-state index in [2.05, 4.69) is 6.92 Å². The summed E-state index contributed by atoms with van der Waals surface area (Å²) in [5.74, 6) is 0. The van der Waals surface area contributed by atoms with Crippen LogP contribution in [0.25, 0.3) is 0 Å². The fraction of sp³-hybridized carbons (Fsp3) is 1.00. The Morgan fingerprint density at radius 1 is 0.938 bits per heavy atom. The Kier molecular flexibility index (Phi) is 8.83. The van der Waals surface area contributed by atoms with E-state index in [-0.39, 0.29) is 0 Å². The van der Waals surface area contributed by atoms with Crippen molar-refractivity contribution in [3.8, 4) is 0 Å². The third-order valence-corrected chi connectivity index (χ3v) is 3.34. The van der Waals surface area contributed by atoms with Crippen molar-refractivity contribution in [2.24, 2.45) is 0 Å². The molecule has 0 bridgehead atoms. The Balaban J connectivity index is 2.03. The van der Waals surface area contributed by atoms with Crippen molar-refractivity contribution in [1.29, 1.82) is 0 Å². The lowest BCUT2D eigenvalue weighted by atomic mass is 10.0. The van der Waals surface area contributed by atoms with E-state index < -0.39 is 0 Å². The van der Waals surface area contributed by atoms with Gasteiger partial charge in [0.1, 0.15) is 0 Å². The fourth-order valence-electron chi connectivity index (χ4n) is 2.25. The highest BCUT2D eigenvalue weighted by molar-refractivity contribution is 4.59. The molecule has 0 spiro atoms. The highest BCUT2D eigenvalue weighted by Crippen LogP contribution is 2.17. The lowest BCUT2D eigenvalue weighted by molar-refractivity contribution is -0.325. The van der Waals surface area contributed by atoms with Crippen molar-refractivity contribution in [1.82, 2.24) is 0 Å². The summed E-state index contributed by atoms with van der Waals surface area (Å²) in [6.07, 6.45) is 14.6. The maximum absolute atomic E-state index is 5.47. The van der Waals surface area contributed by atoms with E-state index in [4.69, 9.17) is 9.78 Å². The molecule has 16 heavy (non-hydrogen) atoms. The summed E-state index contributed by atoms with van der Waals surface area (Å²) in [4.78, 5) is 10.7. The second-order valence-electron chi connectivity index (χ2n) is 4.95. The molecule has 1 fully saturated rings. The van der Waals surface area contributed by atoms with E-state index in [1.54, 1.807) is 0 Å². The number of rotatable bonds is 6. The van der Waals surface area contributed by atoms with Crippen molar-refractivity contribution in [3.05, 3.63) is 0 Å². The van der Waals surface area contributed by atoms with Gasteiger partial charge in [-0.15, -0.1) is 0 Å². The van der Waals surface area contributed by atoms with Gasteiger partial charge in [0.05, 0.1) is 12.7 Å². The first-order chi connectivity index (χ1) is 7.93. The van der Waals surface area contributed by atoms with E-state index in [0.29, 0.717) is 6.10 Å². The van der Waals surface area contributed by atoms with E-state index in [9.17, 15) is 0 Å². The minimum absolute atomic E-state index is 0.361. The predicted octanol–water partition coefficient (Wildman–Crippen LogP) is 4.63. The van der Waals surface area contributed by atoms with Crippen LogP contribution in [-0.4, -0.2) is 12.7 Å². The van der Waals surface area contributed by atoms with Gasteiger partial charge in [-0.1, -0.05) is 58.3 Å². The SMILES string of the molecule is CCCCCCCC1CCCCCCOO1. The Labute approximate surface area is 101 Å². The van der Waals surface area contributed by atoms with Gasteiger partial charge >= 0.3 is 0 Å². The third kappa shape index (κ3) is 7.24. The lowest BCUT2D eigenvalue weighted by Crippen LogP contribution is -2.13. The van der Waals surface area contributed by atoms with E-state index in [1.165, 1.54) is 64.2 Å². The number of hydrogen-bond acceptors (Lipinski definition) is 2.